The number of carbonyl (C=O) groups excluding carboxylic acids is 1. The lowest BCUT2D eigenvalue weighted by molar-refractivity contribution is -0.111. The molecule has 0 radical (unpaired) electrons. The summed E-state index contributed by atoms with van der Waals surface area (Å²) in [6, 6.07) is 5.94. The molecule has 3 heterocycles. The Kier molecular flexibility index (Phi) is 5.31. The van der Waals surface area contributed by atoms with Crippen LogP contribution >= 0.6 is 0 Å². The van der Waals surface area contributed by atoms with E-state index in [-0.39, 0.29) is 5.78 Å². The molecule has 6 heteroatoms. The number of benzene rings is 1. The van der Waals surface area contributed by atoms with Crippen molar-refractivity contribution in [3.05, 3.63) is 60.5 Å². The molecule has 31 heavy (non-hydrogen) atoms. The number of H-pyrrole nitrogens is 1. The van der Waals surface area contributed by atoms with Gasteiger partial charge in [0.1, 0.15) is 5.82 Å². The quantitative estimate of drug-likeness (QED) is 0.425. The van der Waals surface area contributed by atoms with Crippen LogP contribution in [0.1, 0.15) is 37.8 Å². The molecule has 0 aliphatic carbocycles. The van der Waals surface area contributed by atoms with E-state index in [1.807, 2.05) is 24.3 Å². The number of piperidine rings is 1. The second kappa shape index (κ2) is 7.95. The predicted molar refractivity (Wildman–Crippen MR) is 129 cm³/mol. The van der Waals surface area contributed by atoms with Gasteiger partial charge in [0.05, 0.1) is 10.9 Å². The normalized spacial score (nSPS) is 17.6. The number of hydrogen-bond donors (Lipinski definition) is 3. The minimum atomic E-state index is -0.0578. The van der Waals surface area contributed by atoms with Gasteiger partial charge in [0, 0.05) is 52.7 Å². The number of ketones is 1. The third-order valence-corrected chi connectivity index (χ3v) is 6.08. The molecule has 0 bridgehead atoms. The number of carbonyl (C=O) groups is 1. The minimum Gasteiger partial charge on any atom is -0.402 e. The second-order valence-corrected chi connectivity index (χ2v) is 8.35. The fourth-order valence-electron chi connectivity index (χ4n) is 4.63. The van der Waals surface area contributed by atoms with E-state index >= 15 is 0 Å². The Morgan fingerprint density at radius 2 is 2.10 bits per heavy atom. The molecule has 0 saturated carbocycles. The number of rotatable bonds is 5. The SMILES string of the molecule is C=CC1CCCN(c2ncc(C(=C)N)c3[nH]c4cc(C(C(C)=O)=C(C)N)ccc4c23)C1. The first-order valence-corrected chi connectivity index (χ1v) is 10.6. The van der Waals surface area contributed by atoms with Crippen molar-refractivity contribution in [2.45, 2.75) is 26.7 Å². The van der Waals surface area contributed by atoms with E-state index in [9.17, 15) is 4.79 Å². The molecule has 0 spiro atoms. The number of hydrogen-bond acceptors (Lipinski definition) is 5. The van der Waals surface area contributed by atoms with Crippen LogP contribution in [0.3, 0.4) is 0 Å². The van der Waals surface area contributed by atoms with E-state index in [1.54, 1.807) is 13.1 Å². The second-order valence-electron chi connectivity index (χ2n) is 8.35. The molecule has 1 saturated heterocycles. The van der Waals surface area contributed by atoms with Crippen molar-refractivity contribution in [3.63, 3.8) is 0 Å². The first kappa shape index (κ1) is 20.7. The Hall–Kier alpha value is -3.54. The van der Waals surface area contributed by atoms with Gasteiger partial charge in [-0.05, 0) is 44.2 Å². The summed E-state index contributed by atoms with van der Waals surface area (Å²) in [7, 11) is 0. The van der Waals surface area contributed by atoms with Gasteiger partial charge in [0.2, 0.25) is 0 Å². The number of nitrogens with one attached hydrogen (secondary N) is 1. The van der Waals surface area contributed by atoms with Crippen molar-refractivity contribution in [3.8, 4) is 0 Å². The predicted octanol–water partition coefficient (Wildman–Crippen LogP) is 4.33. The zero-order chi connectivity index (χ0) is 22.3. The highest BCUT2D eigenvalue weighted by molar-refractivity contribution is 6.22. The van der Waals surface area contributed by atoms with E-state index in [4.69, 9.17) is 16.5 Å². The van der Waals surface area contributed by atoms with Crippen LogP contribution in [0.5, 0.6) is 0 Å². The number of aromatic nitrogens is 2. The van der Waals surface area contributed by atoms with Crippen molar-refractivity contribution in [1.82, 2.24) is 9.97 Å². The molecule has 1 aliphatic rings. The Balaban J connectivity index is 1.97. The van der Waals surface area contributed by atoms with Crippen LogP contribution in [-0.2, 0) is 4.79 Å². The Morgan fingerprint density at radius 3 is 2.74 bits per heavy atom. The van der Waals surface area contributed by atoms with Crippen LogP contribution in [0, 0.1) is 5.92 Å². The number of anilines is 1. The molecule has 1 aliphatic heterocycles. The van der Waals surface area contributed by atoms with E-state index in [0.717, 1.165) is 64.7 Å². The highest BCUT2D eigenvalue weighted by Gasteiger charge is 2.24. The van der Waals surface area contributed by atoms with Crippen LogP contribution in [0.4, 0.5) is 5.82 Å². The summed E-state index contributed by atoms with van der Waals surface area (Å²) in [5.41, 5.74) is 17.0. The molecule has 0 amide bonds. The molecular weight excluding hydrogens is 386 g/mol. The average molecular weight is 416 g/mol. The van der Waals surface area contributed by atoms with Gasteiger partial charge in [0.15, 0.2) is 5.78 Å². The van der Waals surface area contributed by atoms with Gasteiger partial charge in [-0.3, -0.25) is 4.79 Å². The third kappa shape index (κ3) is 3.58. The highest BCUT2D eigenvalue weighted by atomic mass is 16.1. The first-order valence-electron chi connectivity index (χ1n) is 10.6. The maximum atomic E-state index is 12.2. The van der Waals surface area contributed by atoms with Crippen LogP contribution in [-0.4, -0.2) is 28.8 Å². The molecule has 1 fully saturated rings. The Morgan fingerprint density at radius 1 is 1.32 bits per heavy atom. The standard InChI is InChI=1S/C25H29N5O/c1-5-17-7-6-10-30(13-17)25-23-19-9-8-18(22(15(3)27)16(4)31)11-21(19)29-24(23)20(12-28-25)14(2)26/h5,8-9,11-12,17,29H,1-2,6-7,10,13,26-27H2,3-4H3. The number of fused-ring (bicyclic) bond motifs is 3. The van der Waals surface area contributed by atoms with Gasteiger partial charge in [0.25, 0.3) is 0 Å². The first-order chi connectivity index (χ1) is 14.8. The van der Waals surface area contributed by atoms with Gasteiger partial charge in [-0.1, -0.05) is 24.8 Å². The molecule has 2 aromatic heterocycles. The van der Waals surface area contributed by atoms with Gasteiger partial charge < -0.3 is 21.4 Å². The molecule has 1 unspecified atom stereocenters. The topological polar surface area (TPSA) is 101 Å². The zero-order valence-electron chi connectivity index (χ0n) is 18.2. The van der Waals surface area contributed by atoms with Crippen LogP contribution in [0.15, 0.2) is 49.3 Å². The largest absolute Gasteiger partial charge is 0.402 e. The maximum absolute atomic E-state index is 12.2. The van der Waals surface area contributed by atoms with Crippen molar-refractivity contribution < 1.29 is 4.79 Å². The van der Waals surface area contributed by atoms with E-state index in [2.05, 4.69) is 23.0 Å². The van der Waals surface area contributed by atoms with Crippen molar-refractivity contribution >= 4 is 44.7 Å². The number of aromatic amines is 1. The van der Waals surface area contributed by atoms with Gasteiger partial charge >= 0.3 is 0 Å². The molecule has 4 rings (SSSR count). The number of pyridine rings is 1. The lowest BCUT2D eigenvalue weighted by Gasteiger charge is -2.32. The van der Waals surface area contributed by atoms with Crippen molar-refractivity contribution in [2.75, 3.05) is 18.0 Å². The summed E-state index contributed by atoms with van der Waals surface area (Å²) in [4.78, 5) is 22.8. The van der Waals surface area contributed by atoms with Gasteiger partial charge in [-0.25, -0.2) is 4.98 Å². The summed E-state index contributed by atoms with van der Waals surface area (Å²) < 4.78 is 0. The van der Waals surface area contributed by atoms with Crippen LogP contribution in [0.2, 0.25) is 0 Å². The molecule has 1 aromatic carbocycles. The summed E-state index contributed by atoms with van der Waals surface area (Å²) >= 11 is 0. The van der Waals surface area contributed by atoms with E-state index in [1.165, 1.54) is 6.92 Å². The smallest absolute Gasteiger partial charge is 0.162 e. The molecule has 1 atom stereocenters. The van der Waals surface area contributed by atoms with E-state index in [0.29, 0.717) is 22.9 Å². The molecule has 6 nitrogen and oxygen atoms in total. The lowest BCUT2D eigenvalue weighted by Crippen LogP contribution is -2.35. The molecule has 160 valence electrons. The third-order valence-electron chi connectivity index (χ3n) is 6.08. The van der Waals surface area contributed by atoms with Crippen LogP contribution < -0.4 is 16.4 Å². The number of Topliss-reactive ketones (excluding diaryl/α,β-unsaturated/α-hetero) is 1. The van der Waals surface area contributed by atoms with E-state index < -0.39 is 0 Å². The zero-order valence-corrected chi connectivity index (χ0v) is 18.2. The van der Waals surface area contributed by atoms with Gasteiger partial charge in [-0.15, -0.1) is 6.58 Å². The minimum absolute atomic E-state index is 0.0578. The lowest BCUT2D eigenvalue weighted by atomic mass is 9.97. The van der Waals surface area contributed by atoms with Crippen LogP contribution in [0.25, 0.3) is 33.1 Å². The number of allylic oxidation sites excluding steroid dienone is 2. The average Bonchev–Trinajstić information content (AvgIpc) is 3.11. The Labute approximate surface area is 182 Å². The summed E-state index contributed by atoms with van der Waals surface area (Å²) in [6.45, 7) is 13.0. The summed E-state index contributed by atoms with van der Waals surface area (Å²) in [5, 5.41) is 2.05. The monoisotopic (exact) mass is 415 g/mol. The maximum Gasteiger partial charge on any atom is 0.162 e. The number of nitrogens with two attached hydrogens (primary N) is 2. The number of nitrogens with zero attached hydrogens (tertiary/aromatic N) is 2. The summed E-state index contributed by atoms with van der Waals surface area (Å²) in [6.07, 6.45) is 6.07. The van der Waals surface area contributed by atoms with Crippen molar-refractivity contribution in [1.29, 1.82) is 0 Å². The fourth-order valence-corrected chi connectivity index (χ4v) is 4.63. The molecule has 5 N–H and O–H groups in total. The molecular formula is C25H29N5O. The summed E-state index contributed by atoms with van der Waals surface area (Å²) in [5.74, 6) is 1.32. The Bertz CT molecular complexity index is 1250. The highest BCUT2D eigenvalue weighted by Crippen LogP contribution is 2.38. The fraction of sp³-hybridized carbons (Fsp3) is 0.280. The molecule has 3 aromatic rings. The van der Waals surface area contributed by atoms with Crippen molar-refractivity contribution in [2.24, 2.45) is 17.4 Å². The van der Waals surface area contributed by atoms with Gasteiger partial charge in [-0.2, -0.15) is 0 Å².